The minimum absolute atomic E-state index is 0.146. The number of hydrogen-bond donors (Lipinski definition) is 1. The third-order valence-electron chi connectivity index (χ3n) is 4.83. The van der Waals surface area contributed by atoms with E-state index in [0.717, 1.165) is 31.8 Å². The number of carbonyl (C=O) groups is 1. The van der Waals surface area contributed by atoms with Gasteiger partial charge in [-0.2, -0.15) is 0 Å². The summed E-state index contributed by atoms with van der Waals surface area (Å²) in [6.45, 7) is 5.79. The smallest absolute Gasteiger partial charge is 0.239 e. The maximum Gasteiger partial charge on any atom is 0.239 e. The van der Waals surface area contributed by atoms with Gasteiger partial charge in [0, 0.05) is 23.7 Å². The normalized spacial score (nSPS) is 18.8. The summed E-state index contributed by atoms with van der Waals surface area (Å²) in [6, 6.07) is 8.38. The van der Waals surface area contributed by atoms with Crippen molar-refractivity contribution >= 4 is 23.4 Å². The lowest BCUT2D eigenvalue weighted by Crippen LogP contribution is -2.40. The van der Waals surface area contributed by atoms with Crippen molar-refractivity contribution in [3.8, 4) is 0 Å². The summed E-state index contributed by atoms with van der Waals surface area (Å²) in [4.78, 5) is 18.3. The van der Waals surface area contributed by atoms with Crippen molar-refractivity contribution in [2.24, 2.45) is 0 Å². The molecule has 1 amide bonds. The molecule has 0 spiro atoms. The van der Waals surface area contributed by atoms with E-state index < -0.39 is 0 Å². The first-order valence-electron chi connectivity index (χ1n) is 9.29. The SMILES string of the molecule is O=C(CN1CCSc2ccccc21)NCCCN1CCCCCC1. The molecule has 1 aromatic rings. The number of likely N-dealkylation sites (tertiary alicyclic amines) is 1. The average Bonchev–Trinajstić information content (AvgIpc) is 2.88. The molecule has 24 heavy (non-hydrogen) atoms. The number of benzene rings is 1. The molecule has 0 saturated carbocycles. The summed E-state index contributed by atoms with van der Waals surface area (Å²) >= 11 is 1.88. The number of hydrogen-bond acceptors (Lipinski definition) is 4. The van der Waals surface area contributed by atoms with Crippen LogP contribution in [0.4, 0.5) is 5.69 Å². The van der Waals surface area contributed by atoms with Crippen LogP contribution in [0.25, 0.3) is 0 Å². The van der Waals surface area contributed by atoms with Gasteiger partial charge in [0.25, 0.3) is 0 Å². The summed E-state index contributed by atoms with van der Waals surface area (Å²) in [7, 11) is 0. The van der Waals surface area contributed by atoms with Gasteiger partial charge in [0.15, 0.2) is 0 Å². The van der Waals surface area contributed by atoms with E-state index in [2.05, 4.69) is 39.4 Å². The fourth-order valence-electron chi connectivity index (χ4n) is 3.51. The van der Waals surface area contributed by atoms with E-state index in [1.165, 1.54) is 49.4 Å². The highest BCUT2D eigenvalue weighted by Crippen LogP contribution is 2.33. The molecule has 0 aliphatic carbocycles. The lowest BCUT2D eigenvalue weighted by atomic mass is 10.2. The number of thioether (sulfide) groups is 1. The van der Waals surface area contributed by atoms with Crippen molar-refractivity contribution in [1.82, 2.24) is 10.2 Å². The Hall–Kier alpha value is -1.20. The number of para-hydroxylation sites is 1. The zero-order chi connectivity index (χ0) is 16.6. The lowest BCUT2D eigenvalue weighted by molar-refractivity contribution is -0.119. The van der Waals surface area contributed by atoms with Gasteiger partial charge in [-0.15, -0.1) is 11.8 Å². The third-order valence-corrected chi connectivity index (χ3v) is 5.87. The highest BCUT2D eigenvalue weighted by molar-refractivity contribution is 7.99. The molecule has 4 nitrogen and oxygen atoms in total. The zero-order valence-corrected chi connectivity index (χ0v) is 15.3. The fraction of sp³-hybridized carbons (Fsp3) is 0.632. The molecule has 2 heterocycles. The average molecular weight is 348 g/mol. The molecule has 0 bridgehead atoms. The molecule has 5 heteroatoms. The standard InChI is InChI=1S/C19H29N3OS/c23-19(20-10-7-13-21-11-5-1-2-6-12-21)16-22-14-15-24-18-9-4-3-8-17(18)22/h3-4,8-9H,1-2,5-7,10-16H2,(H,20,23). The molecule has 2 aliphatic heterocycles. The van der Waals surface area contributed by atoms with Crippen LogP contribution in [0.1, 0.15) is 32.1 Å². The Bertz CT molecular complexity index is 529. The lowest BCUT2D eigenvalue weighted by Gasteiger charge is -2.30. The monoisotopic (exact) mass is 347 g/mol. The largest absolute Gasteiger partial charge is 0.360 e. The predicted octanol–water partition coefficient (Wildman–Crippen LogP) is 2.98. The quantitative estimate of drug-likeness (QED) is 0.803. The minimum atomic E-state index is 0.146. The minimum Gasteiger partial charge on any atom is -0.360 e. The molecule has 1 N–H and O–H groups in total. The van der Waals surface area contributed by atoms with Gasteiger partial charge in [-0.25, -0.2) is 0 Å². The second-order valence-corrected chi connectivity index (χ2v) is 7.83. The second-order valence-electron chi connectivity index (χ2n) is 6.70. The van der Waals surface area contributed by atoms with Crippen LogP contribution in [-0.2, 0) is 4.79 Å². The molecule has 1 fully saturated rings. The van der Waals surface area contributed by atoms with E-state index in [4.69, 9.17) is 0 Å². The Morgan fingerprint density at radius 1 is 1.08 bits per heavy atom. The maximum atomic E-state index is 12.3. The van der Waals surface area contributed by atoms with Gasteiger partial charge in [-0.1, -0.05) is 25.0 Å². The van der Waals surface area contributed by atoms with Gasteiger partial charge < -0.3 is 15.1 Å². The van der Waals surface area contributed by atoms with E-state index >= 15 is 0 Å². The topological polar surface area (TPSA) is 35.6 Å². The molecule has 0 unspecified atom stereocenters. The summed E-state index contributed by atoms with van der Waals surface area (Å²) in [5.74, 6) is 1.20. The highest BCUT2D eigenvalue weighted by atomic mass is 32.2. The maximum absolute atomic E-state index is 12.3. The molecule has 0 atom stereocenters. The molecule has 1 saturated heterocycles. The second kappa shape index (κ2) is 9.33. The van der Waals surface area contributed by atoms with Crippen LogP contribution in [0, 0.1) is 0 Å². The first-order valence-corrected chi connectivity index (χ1v) is 10.3. The van der Waals surface area contributed by atoms with Gasteiger partial charge in [-0.05, 0) is 51.0 Å². The Labute approximate surface area is 150 Å². The Balaban J connectivity index is 1.37. The van der Waals surface area contributed by atoms with Gasteiger partial charge in [0.1, 0.15) is 0 Å². The molecular formula is C19H29N3OS. The number of nitrogens with zero attached hydrogens (tertiary/aromatic N) is 2. The van der Waals surface area contributed by atoms with Crippen molar-refractivity contribution in [3.63, 3.8) is 0 Å². The van der Waals surface area contributed by atoms with Crippen LogP contribution in [0.15, 0.2) is 29.2 Å². The van der Waals surface area contributed by atoms with E-state index in [9.17, 15) is 4.79 Å². The van der Waals surface area contributed by atoms with Crippen LogP contribution in [0.5, 0.6) is 0 Å². The van der Waals surface area contributed by atoms with Gasteiger partial charge >= 0.3 is 0 Å². The first kappa shape index (κ1) is 17.6. The van der Waals surface area contributed by atoms with Gasteiger partial charge in [0.2, 0.25) is 5.91 Å². The molecule has 0 aromatic heterocycles. The summed E-state index contributed by atoms with van der Waals surface area (Å²) in [5, 5.41) is 3.10. The first-order chi connectivity index (χ1) is 11.8. The molecule has 2 aliphatic rings. The Morgan fingerprint density at radius 2 is 1.88 bits per heavy atom. The Morgan fingerprint density at radius 3 is 2.71 bits per heavy atom. The molecule has 132 valence electrons. The van der Waals surface area contributed by atoms with Gasteiger partial charge in [0.05, 0.1) is 12.2 Å². The molecule has 0 radical (unpaired) electrons. The van der Waals surface area contributed by atoms with E-state index in [1.807, 2.05) is 11.8 Å². The van der Waals surface area contributed by atoms with Crippen LogP contribution in [0.3, 0.4) is 0 Å². The van der Waals surface area contributed by atoms with Crippen LogP contribution in [0.2, 0.25) is 0 Å². The molecular weight excluding hydrogens is 318 g/mol. The number of anilines is 1. The highest BCUT2D eigenvalue weighted by Gasteiger charge is 2.18. The van der Waals surface area contributed by atoms with E-state index in [1.54, 1.807) is 0 Å². The summed E-state index contributed by atoms with van der Waals surface area (Å²) in [6.07, 6.45) is 6.47. The van der Waals surface area contributed by atoms with Crippen molar-refractivity contribution in [1.29, 1.82) is 0 Å². The van der Waals surface area contributed by atoms with Gasteiger partial charge in [-0.3, -0.25) is 4.79 Å². The van der Waals surface area contributed by atoms with Crippen LogP contribution >= 0.6 is 11.8 Å². The van der Waals surface area contributed by atoms with Crippen molar-refractivity contribution in [2.75, 3.05) is 49.9 Å². The summed E-state index contributed by atoms with van der Waals surface area (Å²) < 4.78 is 0. The van der Waals surface area contributed by atoms with Crippen LogP contribution in [-0.4, -0.2) is 55.8 Å². The van der Waals surface area contributed by atoms with Crippen molar-refractivity contribution < 1.29 is 4.79 Å². The van der Waals surface area contributed by atoms with E-state index in [-0.39, 0.29) is 5.91 Å². The third kappa shape index (κ3) is 5.15. The number of fused-ring (bicyclic) bond motifs is 1. The van der Waals surface area contributed by atoms with Crippen molar-refractivity contribution in [3.05, 3.63) is 24.3 Å². The predicted molar refractivity (Wildman–Crippen MR) is 102 cm³/mol. The van der Waals surface area contributed by atoms with Crippen LogP contribution < -0.4 is 10.2 Å². The number of nitrogens with one attached hydrogen (secondary N) is 1. The molecule has 1 aromatic carbocycles. The summed E-state index contributed by atoms with van der Waals surface area (Å²) in [5.41, 5.74) is 1.20. The van der Waals surface area contributed by atoms with E-state index in [0.29, 0.717) is 6.54 Å². The zero-order valence-electron chi connectivity index (χ0n) is 14.5. The number of amides is 1. The molecule has 3 rings (SSSR count). The van der Waals surface area contributed by atoms with Crippen molar-refractivity contribution in [2.45, 2.75) is 37.0 Å². The Kier molecular flexibility index (Phi) is 6.85. The number of rotatable bonds is 6. The fourth-order valence-corrected chi connectivity index (χ4v) is 4.56. The number of carbonyl (C=O) groups excluding carboxylic acids is 1.